The number of allylic oxidation sites excluding steroid dienone is 1. The van der Waals surface area contributed by atoms with E-state index in [1.165, 1.54) is 0 Å². The molecule has 3 aliphatic rings. The van der Waals surface area contributed by atoms with Gasteiger partial charge >= 0.3 is 5.97 Å². The molecular weight excluding hydrogens is 328 g/mol. The Kier molecular flexibility index (Phi) is 3.88. The van der Waals surface area contributed by atoms with Crippen molar-refractivity contribution in [1.82, 2.24) is 0 Å². The summed E-state index contributed by atoms with van der Waals surface area (Å²) < 4.78 is 5.57. The summed E-state index contributed by atoms with van der Waals surface area (Å²) in [5, 5.41) is 11.6. The summed E-state index contributed by atoms with van der Waals surface area (Å²) in [4.78, 5) is 25.0. The molecule has 4 atom stereocenters. The molecule has 0 heterocycles. The van der Waals surface area contributed by atoms with Gasteiger partial charge in [-0.3, -0.25) is 9.59 Å². The van der Waals surface area contributed by atoms with Crippen LogP contribution in [0.5, 0.6) is 0 Å². The van der Waals surface area contributed by atoms with Gasteiger partial charge < -0.3 is 9.84 Å². The molecule has 4 heteroatoms. The van der Waals surface area contributed by atoms with E-state index < -0.39 is 11.5 Å². The van der Waals surface area contributed by atoms with Gasteiger partial charge in [-0.2, -0.15) is 0 Å². The lowest BCUT2D eigenvalue weighted by atomic mass is 9.75. The Bertz CT molecular complexity index is 792. The minimum atomic E-state index is -1.10. The third kappa shape index (κ3) is 2.46. The first-order chi connectivity index (χ1) is 12.2. The van der Waals surface area contributed by atoms with Gasteiger partial charge in [-0.25, -0.2) is 0 Å². The molecule has 0 aliphatic heterocycles. The predicted octanol–water partition coefficient (Wildman–Crippen LogP) is 3.43. The highest BCUT2D eigenvalue weighted by Gasteiger charge is 2.67. The number of carbonyl (C=O) groups excluding carboxylic acids is 2. The quantitative estimate of drug-likeness (QED) is 0.845. The van der Waals surface area contributed by atoms with Crippen molar-refractivity contribution in [3.63, 3.8) is 0 Å². The number of ether oxygens (including phenoxy) is 1. The molecule has 0 amide bonds. The number of ketones is 1. The van der Waals surface area contributed by atoms with E-state index >= 15 is 0 Å². The number of carbonyl (C=O) groups is 2. The molecule has 0 saturated heterocycles. The highest BCUT2D eigenvalue weighted by Crippen LogP contribution is 2.66. The zero-order chi connectivity index (χ0) is 18.7. The van der Waals surface area contributed by atoms with E-state index in [2.05, 4.69) is 13.8 Å². The minimum absolute atomic E-state index is 0.0847. The van der Waals surface area contributed by atoms with Crippen LogP contribution in [0.25, 0.3) is 0 Å². The maximum absolute atomic E-state index is 12.9. The average Bonchev–Trinajstić information content (AvgIpc) is 3.11. The molecule has 2 saturated carbocycles. The van der Waals surface area contributed by atoms with Gasteiger partial charge in [0.05, 0.1) is 11.5 Å². The molecular formula is C22H26O4. The van der Waals surface area contributed by atoms with Crippen molar-refractivity contribution in [2.24, 2.45) is 23.2 Å². The summed E-state index contributed by atoms with van der Waals surface area (Å²) in [6.45, 7) is 6.29. The molecule has 0 spiro atoms. The number of hydrogen-bond acceptors (Lipinski definition) is 4. The monoisotopic (exact) mass is 354 g/mol. The lowest BCUT2D eigenvalue weighted by Gasteiger charge is -2.33. The molecule has 0 bridgehead atoms. The largest absolute Gasteiger partial charge is 0.461 e. The molecule has 1 aromatic rings. The number of Topliss-reactive ketones (excluding diaryl/α,β-unsaturated/α-hetero) is 1. The Morgan fingerprint density at radius 1 is 1.23 bits per heavy atom. The smallest absolute Gasteiger partial charge is 0.312 e. The highest BCUT2D eigenvalue weighted by molar-refractivity contribution is 5.99. The number of rotatable bonds is 3. The van der Waals surface area contributed by atoms with Crippen LogP contribution >= 0.6 is 0 Å². The van der Waals surface area contributed by atoms with Crippen molar-refractivity contribution in [3.8, 4) is 0 Å². The van der Waals surface area contributed by atoms with E-state index in [0.29, 0.717) is 19.3 Å². The fourth-order valence-electron chi connectivity index (χ4n) is 5.75. The summed E-state index contributed by atoms with van der Waals surface area (Å²) >= 11 is 0. The zero-order valence-electron chi connectivity index (χ0n) is 15.6. The second-order valence-electron chi connectivity index (χ2n) is 8.87. The fraction of sp³-hybridized carbons (Fsp3) is 0.545. The number of benzene rings is 1. The number of aliphatic hydroxyl groups is 1. The van der Waals surface area contributed by atoms with Crippen LogP contribution in [0.2, 0.25) is 0 Å². The molecule has 3 aliphatic carbocycles. The molecule has 4 rings (SSSR count). The van der Waals surface area contributed by atoms with Crippen LogP contribution in [0.4, 0.5) is 0 Å². The molecule has 4 nitrogen and oxygen atoms in total. The number of fused-ring (bicyclic) bond motifs is 3. The highest BCUT2D eigenvalue weighted by atomic mass is 16.5. The molecule has 2 fully saturated rings. The van der Waals surface area contributed by atoms with Gasteiger partial charge in [-0.05, 0) is 42.2 Å². The van der Waals surface area contributed by atoms with E-state index in [1.54, 1.807) is 0 Å². The Morgan fingerprint density at radius 2 is 1.92 bits per heavy atom. The second-order valence-corrected chi connectivity index (χ2v) is 8.87. The van der Waals surface area contributed by atoms with E-state index in [1.807, 2.05) is 37.3 Å². The minimum Gasteiger partial charge on any atom is -0.461 e. The van der Waals surface area contributed by atoms with Gasteiger partial charge in [0.1, 0.15) is 6.61 Å². The van der Waals surface area contributed by atoms with Crippen LogP contribution in [0, 0.1) is 23.2 Å². The van der Waals surface area contributed by atoms with Crippen LogP contribution in [-0.4, -0.2) is 22.5 Å². The molecule has 1 N–H and O–H groups in total. The van der Waals surface area contributed by atoms with Crippen molar-refractivity contribution in [1.29, 1.82) is 0 Å². The van der Waals surface area contributed by atoms with E-state index in [9.17, 15) is 14.7 Å². The van der Waals surface area contributed by atoms with Crippen LogP contribution in [-0.2, 0) is 20.9 Å². The Balaban J connectivity index is 1.59. The van der Waals surface area contributed by atoms with E-state index in [0.717, 1.165) is 16.7 Å². The topological polar surface area (TPSA) is 63.6 Å². The zero-order valence-corrected chi connectivity index (χ0v) is 15.6. The summed E-state index contributed by atoms with van der Waals surface area (Å²) in [5.74, 6) is -0.719. The summed E-state index contributed by atoms with van der Waals surface area (Å²) in [6.07, 6.45) is 1.55. The van der Waals surface area contributed by atoms with Crippen LogP contribution in [0.15, 0.2) is 41.5 Å². The van der Waals surface area contributed by atoms with Gasteiger partial charge in [-0.1, -0.05) is 49.8 Å². The Morgan fingerprint density at radius 3 is 2.62 bits per heavy atom. The standard InChI is InChI=1S/C22H26O4/c1-13-17(23)9-15-10-22(25)16(11-21(2,3)19(22)18(13)15)20(24)26-12-14-7-5-4-6-8-14/h4-8,15-16,19,25H,9-12H2,1-3H3/t15-,16?,19-,22-/m0/s1. The number of hydrogen-bond donors (Lipinski definition) is 1. The van der Waals surface area contributed by atoms with E-state index in [4.69, 9.17) is 4.74 Å². The average molecular weight is 354 g/mol. The first-order valence-corrected chi connectivity index (χ1v) is 9.41. The van der Waals surface area contributed by atoms with Gasteiger partial charge in [0, 0.05) is 12.3 Å². The molecule has 0 radical (unpaired) electrons. The Labute approximate surface area is 154 Å². The summed E-state index contributed by atoms with van der Waals surface area (Å²) in [6, 6.07) is 9.59. The van der Waals surface area contributed by atoms with Crippen LogP contribution in [0.3, 0.4) is 0 Å². The summed E-state index contributed by atoms with van der Waals surface area (Å²) in [5.41, 5.74) is 1.51. The number of esters is 1. The maximum atomic E-state index is 12.9. The summed E-state index contributed by atoms with van der Waals surface area (Å²) in [7, 11) is 0. The van der Waals surface area contributed by atoms with Crippen molar-refractivity contribution in [2.75, 3.05) is 0 Å². The van der Waals surface area contributed by atoms with E-state index in [-0.39, 0.29) is 35.6 Å². The van der Waals surface area contributed by atoms with Gasteiger partial charge in [-0.15, -0.1) is 0 Å². The predicted molar refractivity (Wildman–Crippen MR) is 97.0 cm³/mol. The van der Waals surface area contributed by atoms with Gasteiger partial charge in [0.25, 0.3) is 0 Å². The third-order valence-electron chi connectivity index (χ3n) is 6.73. The molecule has 1 aromatic carbocycles. The van der Waals surface area contributed by atoms with Gasteiger partial charge in [0.2, 0.25) is 0 Å². The molecule has 1 unspecified atom stereocenters. The first kappa shape index (κ1) is 17.5. The maximum Gasteiger partial charge on any atom is 0.312 e. The molecule has 0 aromatic heterocycles. The van der Waals surface area contributed by atoms with Crippen molar-refractivity contribution < 1.29 is 19.4 Å². The van der Waals surface area contributed by atoms with Gasteiger partial charge in [0.15, 0.2) is 5.78 Å². The normalized spacial score (nSPS) is 34.8. The molecule has 26 heavy (non-hydrogen) atoms. The van der Waals surface area contributed by atoms with Crippen LogP contribution in [0.1, 0.15) is 45.6 Å². The van der Waals surface area contributed by atoms with Crippen molar-refractivity contribution in [3.05, 3.63) is 47.0 Å². The lowest BCUT2D eigenvalue weighted by molar-refractivity contribution is -0.159. The first-order valence-electron chi connectivity index (χ1n) is 9.41. The Hall–Kier alpha value is -1.94. The second kappa shape index (κ2) is 5.78. The molecule has 138 valence electrons. The van der Waals surface area contributed by atoms with Crippen molar-refractivity contribution in [2.45, 2.75) is 52.2 Å². The SMILES string of the molecule is CC1=C2[C@@H](CC1=O)C[C@]1(O)C(C(=O)OCc3ccccc3)CC(C)(C)[C@H]21. The fourth-order valence-corrected chi connectivity index (χ4v) is 5.75. The van der Waals surface area contributed by atoms with Crippen LogP contribution < -0.4 is 0 Å². The third-order valence-corrected chi connectivity index (χ3v) is 6.73. The lowest BCUT2D eigenvalue weighted by Crippen LogP contribution is -2.42. The van der Waals surface area contributed by atoms with Crippen molar-refractivity contribution >= 4 is 11.8 Å².